The topological polar surface area (TPSA) is 59.6 Å². The van der Waals surface area contributed by atoms with Crippen molar-refractivity contribution in [1.29, 1.82) is 0 Å². The molecular formula is C18H22N2O3. The number of nitrogens with one attached hydrogen (secondary N) is 2. The third-order valence-electron chi connectivity index (χ3n) is 3.34. The minimum atomic E-state index is -0.293. The summed E-state index contributed by atoms with van der Waals surface area (Å²) < 4.78 is 10.9. The average Bonchev–Trinajstić information content (AvgIpc) is 2.55. The Bertz CT molecular complexity index is 671. The monoisotopic (exact) mass is 314 g/mol. The first-order valence-electron chi connectivity index (χ1n) is 7.48. The first-order chi connectivity index (χ1) is 11.1. The lowest BCUT2D eigenvalue weighted by Gasteiger charge is -2.12. The predicted molar refractivity (Wildman–Crippen MR) is 91.4 cm³/mol. The van der Waals surface area contributed by atoms with Gasteiger partial charge in [0.2, 0.25) is 0 Å². The van der Waals surface area contributed by atoms with Crippen LogP contribution < -0.4 is 20.1 Å². The van der Waals surface area contributed by atoms with E-state index in [0.717, 1.165) is 16.9 Å². The molecule has 2 N–H and O–H groups in total. The van der Waals surface area contributed by atoms with Crippen LogP contribution in [0.15, 0.2) is 42.5 Å². The maximum Gasteiger partial charge on any atom is 0.319 e. The van der Waals surface area contributed by atoms with E-state index in [2.05, 4.69) is 10.6 Å². The first kappa shape index (κ1) is 16.7. The molecule has 2 aromatic rings. The second kappa shape index (κ2) is 8.08. The van der Waals surface area contributed by atoms with Gasteiger partial charge >= 0.3 is 6.03 Å². The van der Waals surface area contributed by atoms with Crippen LogP contribution in [0.4, 0.5) is 10.5 Å². The first-order valence-corrected chi connectivity index (χ1v) is 7.48. The number of rotatable bonds is 6. The number of carbonyl (C=O) groups excluding carboxylic acids is 1. The number of hydrogen-bond donors (Lipinski definition) is 2. The molecule has 0 saturated carbocycles. The Hall–Kier alpha value is -2.69. The Kier molecular flexibility index (Phi) is 5.86. The van der Waals surface area contributed by atoms with Crippen molar-refractivity contribution >= 4 is 11.7 Å². The number of amides is 2. The van der Waals surface area contributed by atoms with Gasteiger partial charge in [-0.15, -0.1) is 0 Å². The van der Waals surface area contributed by atoms with E-state index in [1.54, 1.807) is 19.2 Å². The molecule has 5 nitrogen and oxygen atoms in total. The molecule has 0 saturated heterocycles. The number of para-hydroxylation sites is 2. The zero-order valence-corrected chi connectivity index (χ0v) is 13.7. The molecule has 23 heavy (non-hydrogen) atoms. The number of methoxy groups -OCH3 is 1. The van der Waals surface area contributed by atoms with Gasteiger partial charge in [0.1, 0.15) is 18.1 Å². The summed E-state index contributed by atoms with van der Waals surface area (Å²) in [6.45, 7) is 4.83. The van der Waals surface area contributed by atoms with Crippen molar-refractivity contribution in [2.45, 2.75) is 13.8 Å². The lowest BCUT2D eigenvalue weighted by Crippen LogP contribution is -2.32. The van der Waals surface area contributed by atoms with Gasteiger partial charge in [0.25, 0.3) is 0 Å². The van der Waals surface area contributed by atoms with Crippen molar-refractivity contribution < 1.29 is 14.3 Å². The normalized spacial score (nSPS) is 10.0. The summed E-state index contributed by atoms with van der Waals surface area (Å²) in [6.07, 6.45) is 0. The van der Waals surface area contributed by atoms with Crippen molar-refractivity contribution in [3.05, 3.63) is 53.6 Å². The molecule has 122 valence electrons. The number of benzene rings is 2. The number of carbonyl (C=O) groups is 1. The summed E-state index contributed by atoms with van der Waals surface area (Å²) in [5.41, 5.74) is 2.85. The summed E-state index contributed by atoms with van der Waals surface area (Å²) in [7, 11) is 1.57. The molecule has 0 unspecified atom stereocenters. The van der Waals surface area contributed by atoms with E-state index in [0.29, 0.717) is 24.6 Å². The van der Waals surface area contributed by atoms with E-state index in [1.165, 1.54) is 0 Å². The smallest absolute Gasteiger partial charge is 0.319 e. The summed E-state index contributed by atoms with van der Waals surface area (Å²) in [5.74, 6) is 1.46. The Morgan fingerprint density at radius 1 is 1.09 bits per heavy atom. The van der Waals surface area contributed by atoms with Crippen molar-refractivity contribution in [2.24, 2.45) is 0 Å². The van der Waals surface area contributed by atoms with Crippen molar-refractivity contribution in [3.63, 3.8) is 0 Å². The van der Waals surface area contributed by atoms with Crippen LogP contribution in [0.25, 0.3) is 0 Å². The summed E-state index contributed by atoms with van der Waals surface area (Å²) in [6, 6.07) is 13.0. The van der Waals surface area contributed by atoms with Crippen LogP contribution >= 0.6 is 0 Å². The molecule has 2 aromatic carbocycles. The molecule has 0 aromatic heterocycles. The van der Waals surface area contributed by atoms with Crippen LogP contribution in [-0.2, 0) is 0 Å². The maximum atomic E-state index is 11.9. The molecule has 0 heterocycles. The molecule has 5 heteroatoms. The largest absolute Gasteiger partial charge is 0.495 e. The van der Waals surface area contributed by atoms with Gasteiger partial charge in [-0.05, 0) is 43.2 Å². The van der Waals surface area contributed by atoms with Crippen molar-refractivity contribution in [1.82, 2.24) is 5.32 Å². The van der Waals surface area contributed by atoms with Crippen molar-refractivity contribution in [2.75, 3.05) is 25.6 Å². The van der Waals surface area contributed by atoms with Crippen LogP contribution in [-0.4, -0.2) is 26.3 Å². The maximum absolute atomic E-state index is 11.9. The van der Waals surface area contributed by atoms with E-state index < -0.39 is 0 Å². The van der Waals surface area contributed by atoms with Crippen LogP contribution in [0.3, 0.4) is 0 Å². The van der Waals surface area contributed by atoms with Crippen LogP contribution in [0.2, 0.25) is 0 Å². The fourth-order valence-corrected chi connectivity index (χ4v) is 2.10. The van der Waals surface area contributed by atoms with E-state index in [-0.39, 0.29) is 6.03 Å². The zero-order valence-electron chi connectivity index (χ0n) is 13.7. The second-order valence-corrected chi connectivity index (χ2v) is 5.20. The zero-order chi connectivity index (χ0) is 16.7. The van der Waals surface area contributed by atoms with Gasteiger partial charge in [0.15, 0.2) is 0 Å². The van der Waals surface area contributed by atoms with Gasteiger partial charge < -0.3 is 20.1 Å². The molecule has 0 radical (unpaired) electrons. The van der Waals surface area contributed by atoms with Gasteiger partial charge in [0, 0.05) is 0 Å². The number of urea groups is 1. The lowest BCUT2D eigenvalue weighted by molar-refractivity contribution is 0.247. The molecule has 0 spiro atoms. The number of hydrogen-bond acceptors (Lipinski definition) is 3. The van der Waals surface area contributed by atoms with E-state index >= 15 is 0 Å². The van der Waals surface area contributed by atoms with Gasteiger partial charge in [-0.3, -0.25) is 0 Å². The van der Waals surface area contributed by atoms with Gasteiger partial charge in [-0.25, -0.2) is 4.79 Å². The molecule has 0 aliphatic rings. The van der Waals surface area contributed by atoms with Crippen LogP contribution in [0.1, 0.15) is 11.1 Å². The molecule has 0 aliphatic carbocycles. The van der Waals surface area contributed by atoms with Crippen LogP contribution in [0, 0.1) is 13.8 Å². The van der Waals surface area contributed by atoms with Crippen molar-refractivity contribution in [3.8, 4) is 11.5 Å². The summed E-state index contributed by atoms with van der Waals surface area (Å²) in [5, 5.41) is 5.51. The Labute approximate surface area is 136 Å². The SMILES string of the molecule is COc1ccccc1NC(=O)NCCOc1cc(C)ccc1C. The summed E-state index contributed by atoms with van der Waals surface area (Å²) >= 11 is 0. The van der Waals surface area contributed by atoms with Gasteiger partial charge in [-0.1, -0.05) is 24.3 Å². The second-order valence-electron chi connectivity index (χ2n) is 5.20. The Morgan fingerprint density at radius 3 is 2.65 bits per heavy atom. The molecule has 2 amide bonds. The van der Waals surface area contributed by atoms with E-state index in [9.17, 15) is 4.79 Å². The minimum Gasteiger partial charge on any atom is -0.495 e. The highest BCUT2D eigenvalue weighted by molar-refractivity contribution is 5.90. The highest BCUT2D eigenvalue weighted by Gasteiger charge is 2.06. The quantitative estimate of drug-likeness (QED) is 0.802. The minimum absolute atomic E-state index is 0.293. The number of aryl methyl sites for hydroxylation is 2. The fraction of sp³-hybridized carbons (Fsp3) is 0.278. The molecule has 2 rings (SSSR count). The highest BCUT2D eigenvalue weighted by atomic mass is 16.5. The molecular weight excluding hydrogens is 292 g/mol. The van der Waals surface area contributed by atoms with E-state index in [1.807, 2.05) is 44.2 Å². The number of ether oxygens (including phenoxy) is 2. The molecule has 0 fully saturated rings. The molecule has 0 aliphatic heterocycles. The van der Waals surface area contributed by atoms with Crippen LogP contribution in [0.5, 0.6) is 11.5 Å². The third-order valence-corrected chi connectivity index (χ3v) is 3.34. The van der Waals surface area contributed by atoms with E-state index in [4.69, 9.17) is 9.47 Å². The van der Waals surface area contributed by atoms with Gasteiger partial charge in [-0.2, -0.15) is 0 Å². The Balaban J connectivity index is 1.78. The average molecular weight is 314 g/mol. The van der Waals surface area contributed by atoms with Gasteiger partial charge in [0.05, 0.1) is 19.3 Å². The predicted octanol–water partition coefficient (Wildman–Crippen LogP) is 3.51. The summed E-state index contributed by atoms with van der Waals surface area (Å²) in [4.78, 5) is 11.9. The standard InChI is InChI=1S/C18H22N2O3/c1-13-8-9-14(2)17(12-13)23-11-10-19-18(21)20-15-6-4-5-7-16(15)22-3/h4-9,12H,10-11H2,1-3H3,(H2,19,20,21). The molecule has 0 atom stereocenters. The Morgan fingerprint density at radius 2 is 1.87 bits per heavy atom. The lowest BCUT2D eigenvalue weighted by atomic mass is 10.1. The fourth-order valence-electron chi connectivity index (χ4n) is 2.10. The number of anilines is 1. The molecule has 0 bridgehead atoms. The highest BCUT2D eigenvalue weighted by Crippen LogP contribution is 2.22. The third kappa shape index (κ3) is 4.92.